The molecule has 0 unspecified atom stereocenters. The molecule has 1 fully saturated rings. The molecule has 0 radical (unpaired) electrons. The van der Waals surface area contributed by atoms with Crippen molar-refractivity contribution in [1.82, 2.24) is 9.47 Å². The lowest BCUT2D eigenvalue weighted by atomic mass is 10.1. The fraction of sp³-hybridized carbons (Fsp3) is 0.474. The van der Waals surface area contributed by atoms with E-state index in [0.29, 0.717) is 16.1 Å². The molecule has 2 amide bonds. The van der Waals surface area contributed by atoms with Crippen molar-refractivity contribution in [2.24, 2.45) is 12.0 Å². The molecule has 9 heteroatoms. The van der Waals surface area contributed by atoms with Crippen LogP contribution in [0.2, 0.25) is 0 Å². The number of ether oxygens (including phenoxy) is 1. The van der Waals surface area contributed by atoms with Crippen LogP contribution in [0.1, 0.15) is 29.6 Å². The number of nitrogens with zero attached hydrogens (tertiary/aromatic N) is 3. The number of piperidine rings is 1. The molecule has 0 saturated carbocycles. The molecule has 2 aromatic rings. The van der Waals surface area contributed by atoms with Crippen LogP contribution >= 0.6 is 23.1 Å². The number of aryl methyl sites for hydroxylation is 1. The van der Waals surface area contributed by atoms with Crippen molar-refractivity contribution >= 4 is 51.1 Å². The second-order valence-electron chi connectivity index (χ2n) is 6.56. The summed E-state index contributed by atoms with van der Waals surface area (Å²) < 4.78 is 7.42. The average molecular weight is 422 g/mol. The minimum absolute atomic E-state index is 0.0975. The number of carbonyl (C=O) groups excluding carboxylic acids is 3. The van der Waals surface area contributed by atoms with E-state index < -0.39 is 5.97 Å². The second kappa shape index (κ2) is 9.38. The van der Waals surface area contributed by atoms with E-state index >= 15 is 0 Å². The molecular formula is C19H23N3O4S2. The van der Waals surface area contributed by atoms with Gasteiger partial charge in [-0.1, -0.05) is 11.3 Å². The van der Waals surface area contributed by atoms with Crippen LogP contribution in [0.25, 0.3) is 10.2 Å². The van der Waals surface area contributed by atoms with Crippen molar-refractivity contribution in [3.63, 3.8) is 0 Å². The molecular weight excluding hydrogens is 398 g/mol. The lowest BCUT2D eigenvalue weighted by Gasteiger charge is -2.26. The molecule has 0 atom stereocenters. The van der Waals surface area contributed by atoms with Crippen LogP contribution in [-0.2, 0) is 21.4 Å². The number of methoxy groups -OCH3 is 1. The first-order valence-corrected chi connectivity index (χ1v) is 11.1. The normalized spacial score (nSPS) is 15.1. The SMILES string of the molecule is COC(=O)c1ccc2c(c1)sc(=NC(=O)CSCC(=O)N1CCCCC1)n2C. The predicted molar refractivity (Wildman–Crippen MR) is 110 cm³/mol. The number of likely N-dealkylation sites (tertiary alicyclic amines) is 1. The molecule has 3 rings (SSSR count). The van der Waals surface area contributed by atoms with E-state index in [1.165, 1.54) is 36.6 Å². The summed E-state index contributed by atoms with van der Waals surface area (Å²) in [5.41, 5.74) is 1.35. The highest BCUT2D eigenvalue weighted by molar-refractivity contribution is 8.00. The predicted octanol–water partition coefficient (Wildman–Crippen LogP) is 2.20. The molecule has 0 spiro atoms. The number of thioether (sulfide) groups is 1. The summed E-state index contributed by atoms with van der Waals surface area (Å²) in [4.78, 5) is 42.7. The highest BCUT2D eigenvalue weighted by Crippen LogP contribution is 2.19. The fourth-order valence-corrected chi connectivity index (χ4v) is 4.86. The van der Waals surface area contributed by atoms with Gasteiger partial charge >= 0.3 is 5.97 Å². The molecule has 7 nitrogen and oxygen atoms in total. The topological polar surface area (TPSA) is 81.0 Å². The summed E-state index contributed by atoms with van der Waals surface area (Å²) in [6.45, 7) is 1.64. The number of benzene rings is 1. The largest absolute Gasteiger partial charge is 0.465 e. The van der Waals surface area contributed by atoms with Gasteiger partial charge in [0, 0.05) is 20.1 Å². The van der Waals surface area contributed by atoms with Crippen LogP contribution in [0.15, 0.2) is 23.2 Å². The lowest BCUT2D eigenvalue weighted by molar-refractivity contribution is -0.129. The van der Waals surface area contributed by atoms with Crippen molar-refractivity contribution in [1.29, 1.82) is 0 Å². The summed E-state index contributed by atoms with van der Waals surface area (Å²) in [5.74, 6) is -0.0990. The molecule has 2 heterocycles. The summed E-state index contributed by atoms with van der Waals surface area (Å²) in [5, 5.41) is 0. The first-order chi connectivity index (χ1) is 13.5. The van der Waals surface area contributed by atoms with Gasteiger partial charge in [0.05, 0.1) is 34.4 Å². The first-order valence-electron chi connectivity index (χ1n) is 9.10. The van der Waals surface area contributed by atoms with E-state index in [1.54, 1.807) is 12.1 Å². The number of thiazole rings is 1. The number of rotatable bonds is 5. The third-order valence-corrected chi connectivity index (χ3v) is 6.61. The number of amides is 2. The summed E-state index contributed by atoms with van der Waals surface area (Å²) in [7, 11) is 3.17. The highest BCUT2D eigenvalue weighted by Gasteiger charge is 2.16. The standard InChI is InChI=1S/C19H23N3O4S2/c1-21-14-7-6-13(18(25)26-2)10-15(14)28-19(21)20-16(23)11-27-12-17(24)22-8-4-3-5-9-22/h6-7,10H,3-5,8-9,11-12H2,1-2H3. The average Bonchev–Trinajstić information content (AvgIpc) is 3.02. The molecule has 1 aromatic heterocycles. The van der Waals surface area contributed by atoms with E-state index in [9.17, 15) is 14.4 Å². The summed E-state index contributed by atoms with van der Waals surface area (Å²) in [6.07, 6.45) is 3.30. The molecule has 1 aliphatic rings. The minimum Gasteiger partial charge on any atom is -0.465 e. The van der Waals surface area contributed by atoms with Gasteiger partial charge < -0.3 is 14.2 Å². The zero-order chi connectivity index (χ0) is 20.1. The van der Waals surface area contributed by atoms with Crippen molar-refractivity contribution in [3.8, 4) is 0 Å². The van der Waals surface area contributed by atoms with Gasteiger partial charge in [0.25, 0.3) is 5.91 Å². The van der Waals surface area contributed by atoms with Crippen LogP contribution in [0.5, 0.6) is 0 Å². The zero-order valence-electron chi connectivity index (χ0n) is 16.0. The van der Waals surface area contributed by atoms with Crippen LogP contribution in [0, 0.1) is 0 Å². The van der Waals surface area contributed by atoms with Crippen LogP contribution in [0.4, 0.5) is 0 Å². The van der Waals surface area contributed by atoms with Gasteiger partial charge in [0.15, 0.2) is 4.80 Å². The van der Waals surface area contributed by atoms with Gasteiger partial charge in [0.1, 0.15) is 0 Å². The molecule has 150 valence electrons. The first kappa shape index (κ1) is 20.6. The van der Waals surface area contributed by atoms with Gasteiger partial charge in [-0.2, -0.15) is 4.99 Å². The minimum atomic E-state index is -0.401. The fourth-order valence-electron chi connectivity index (χ4n) is 3.08. The quantitative estimate of drug-likeness (QED) is 0.692. The zero-order valence-corrected chi connectivity index (χ0v) is 17.6. The van der Waals surface area contributed by atoms with Crippen molar-refractivity contribution in [3.05, 3.63) is 28.6 Å². The Kier molecular flexibility index (Phi) is 6.90. The number of hydrogen-bond acceptors (Lipinski definition) is 6. The Bertz CT molecular complexity index is 958. The van der Waals surface area contributed by atoms with E-state index in [0.717, 1.165) is 36.1 Å². The molecule has 0 aliphatic carbocycles. The lowest BCUT2D eigenvalue weighted by Crippen LogP contribution is -2.36. The molecule has 28 heavy (non-hydrogen) atoms. The van der Waals surface area contributed by atoms with Crippen molar-refractivity contribution in [2.75, 3.05) is 31.7 Å². The van der Waals surface area contributed by atoms with Gasteiger partial charge in [0.2, 0.25) is 5.91 Å². The number of esters is 1. The van der Waals surface area contributed by atoms with Gasteiger partial charge in [-0.05, 0) is 37.5 Å². The number of fused-ring (bicyclic) bond motifs is 1. The number of hydrogen-bond donors (Lipinski definition) is 0. The Balaban J connectivity index is 1.64. The Labute approximate surface area is 171 Å². The Morgan fingerprint density at radius 3 is 2.64 bits per heavy atom. The van der Waals surface area contributed by atoms with Crippen molar-refractivity contribution < 1.29 is 19.1 Å². The van der Waals surface area contributed by atoms with E-state index in [4.69, 9.17) is 4.74 Å². The van der Waals surface area contributed by atoms with Crippen molar-refractivity contribution in [2.45, 2.75) is 19.3 Å². The van der Waals surface area contributed by atoms with Crippen LogP contribution in [0.3, 0.4) is 0 Å². The van der Waals surface area contributed by atoms with Gasteiger partial charge in [-0.25, -0.2) is 4.79 Å². The van der Waals surface area contributed by atoms with Crippen LogP contribution in [-0.4, -0.2) is 59.0 Å². The Morgan fingerprint density at radius 1 is 1.18 bits per heavy atom. The van der Waals surface area contributed by atoms with Gasteiger partial charge in [-0.3, -0.25) is 9.59 Å². The molecule has 1 aromatic carbocycles. The van der Waals surface area contributed by atoms with E-state index in [-0.39, 0.29) is 17.6 Å². The monoisotopic (exact) mass is 421 g/mol. The Morgan fingerprint density at radius 2 is 1.93 bits per heavy atom. The number of carbonyl (C=O) groups is 3. The summed E-state index contributed by atoms with van der Waals surface area (Å²) >= 11 is 2.64. The third-order valence-electron chi connectivity index (χ3n) is 4.61. The maximum Gasteiger partial charge on any atom is 0.337 e. The maximum absolute atomic E-state index is 12.2. The second-order valence-corrected chi connectivity index (χ2v) is 8.55. The molecule has 0 bridgehead atoms. The molecule has 1 saturated heterocycles. The highest BCUT2D eigenvalue weighted by atomic mass is 32.2. The number of aromatic nitrogens is 1. The van der Waals surface area contributed by atoms with E-state index in [2.05, 4.69) is 4.99 Å². The van der Waals surface area contributed by atoms with E-state index in [1.807, 2.05) is 22.6 Å². The third kappa shape index (κ3) is 4.82. The maximum atomic E-state index is 12.2. The smallest absolute Gasteiger partial charge is 0.337 e. The Hall–Kier alpha value is -2.13. The molecule has 0 N–H and O–H groups in total. The van der Waals surface area contributed by atoms with Gasteiger partial charge in [-0.15, -0.1) is 11.8 Å². The summed E-state index contributed by atoms with van der Waals surface area (Å²) in [6, 6.07) is 5.24. The van der Waals surface area contributed by atoms with Crippen LogP contribution < -0.4 is 4.80 Å². The molecule has 1 aliphatic heterocycles.